The molecule has 0 amide bonds. The van der Waals surface area contributed by atoms with Crippen molar-refractivity contribution >= 4 is 5.78 Å². The van der Waals surface area contributed by atoms with Gasteiger partial charge in [-0.3, -0.25) is 4.79 Å². The zero-order valence-corrected chi connectivity index (χ0v) is 20.1. The van der Waals surface area contributed by atoms with Crippen molar-refractivity contribution in [1.29, 1.82) is 0 Å². The molecule has 0 bridgehead atoms. The van der Waals surface area contributed by atoms with E-state index in [2.05, 4.69) is 0 Å². The Morgan fingerprint density at radius 3 is 1.48 bits per heavy atom. The number of rotatable bonds is 6. The molecule has 3 rings (SSSR count). The van der Waals surface area contributed by atoms with Gasteiger partial charge in [0.15, 0.2) is 17.1 Å². The largest absolute Gasteiger partial charge is 0.493 e. The van der Waals surface area contributed by atoms with Crippen molar-refractivity contribution in [2.75, 3.05) is 20.8 Å². The Morgan fingerprint density at radius 2 is 1.10 bits per heavy atom. The molecule has 0 spiro atoms. The highest BCUT2D eigenvalue weighted by Gasteiger charge is 2.87. The number of ether oxygens (including phenoxy) is 2. The van der Waals surface area contributed by atoms with Crippen LogP contribution in [-0.2, 0) is 16.3 Å². The summed E-state index contributed by atoms with van der Waals surface area (Å²) in [6, 6.07) is 1.10. The quantitative estimate of drug-likeness (QED) is 0.137. The highest BCUT2D eigenvalue weighted by Crippen LogP contribution is 2.58. The Bertz CT molecular complexity index is 1200. The summed E-state index contributed by atoms with van der Waals surface area (Å²) in [7, 11) is 2.00. The molecule has 17 N–H and O–H groups in total. The Hall–Kier alpha value is -2.23. The first-order valence-electron chi connectivity index (χ1n) is 10.5. The predicted molar refractivity (Wildman–Crippen MR) is 111 cm³/mol. The SMILES string of the molecule is COc1cc2c(cc1OC)C1(O)N(CC(O)(C(O)(O)C(O)(C(O)(O)O)C(O)(O)O)C(=O)C1(O)O)C(O)(O)C2(O)O. The van der Waals surface area contributed by atoms with E-state index in [1.807, 2.05) is 0 Å². The van der Waals surface area contributed by atoms with E-state index in [1.165, 1.54) is 0 Å². The number of nitrogens with zero attached hydrogens (tertiary/aromatic N) is 1. The van der Waals surface area contributed by atoms with Crippen LogP contribution in [0.5, 0.6) is 11.5 Å². The van der Waals surface area contributed by atoms with Gasteiger partial charge < -0.3 is 96.3 Å². The average molecular weight is 589 g/mol. The molecule has 1 aromatic rings. The number of methoxy groups -OCH3 is 2. The lowest BCUT2D eigenvalue weighted by molar-refractivity contribution is -0.558. The minimum absolute atomic E-state index is 0.410. The van der Waals surface area contributed by atoms with Crippen LogP contribution < -0.4 is 9.47 Å². The topological polar surface area (TPSA) is 383 Å². The molecule has 2 aliphatic rings. The second-order valence-corrected chi connectivity index (χ2v) is 9.33. The maximum atomic E-state index is 13.2. The summed E-state index contributed by atoms with van der Waals surface area (Å²) in [5.41, 5.74) is -17.0. The van der Waals surface area contributed by atoms with Crippen LogP contribution in [0, 0.1) is 0 Å². The van der Waals surface area contributed by atoms with Crippen molar-refractivity contribution < 1.29 is 101 Å². The van der Waals surface area contributed by atoms with Gasteiger partial charge in [-0.2, -0.15) is 0 Å². The van der Waals surface area contributed by atoms with E-state index in [1.54, 1.807) is 0 Å². The molecule has 1 fully saturated rings. The van der Waals surface area contributed by atoms with Crippen LogP contribution >= 0.6 is 0 Å². The summed E-state index contributed by atoms with van der Waals surface area (Å²) in [5.74, 6) is -33.5. The van der Waals surface area contributed by atoms with E-state index in [4.69, 9.17) is 9.47 Å². The van der Waals surface area contributed by atoms with Gasteiger partial charge >= 0.3 is 11.9 Å². The van der Waals surface area contributed by atoms with Crippen LogP contribution in [0.4, 0.5) is 0 Å². The third kappa shape index (κ3) is 3.40. The summed E-state index contributed by atoms with van der Waals surface area (Å²) >= 11 is 0. The fraction of sp³-hybridized carbons (Fsp3) is 0.632. The average Bonchev–Trinajstić information content (AvgIpc) is 2.81. The number of hydrogen-bond acceptors (Lipinski definition) is 21. The fourth-order valence-corrected chi connectivity index (χ4v) is 4.80. The number of Topliss-reactive ketones (excluding diaryl/α,β-unsaturated/α-hetero) is 1. The van der Waals surface area contributed by atoms with Gasteiger partial charge in [0.2, 0.25) is 17.3 Å². The molecule has 2 unspecified atom stereocenters. The van der Waals surface area contributed by atoms with Crippen LogP contribution in [0.2, 0.25) is 0 Å². The van der Waals surface area contributed by atoms with E-state index in [0.717, 1.165) is 14.2 Å². The van der Waals surface area contributed by atoms with E-state index in [-0.39, 0.29) is 0 Å². The molecular weight excluding hydrogens is 562 g/mol. The zero-order chi connectivity index (χ0) is 31.5. The summed E-state index contributed by atoms with van der Waals surface area (Å²) in [6.07, 6.45) is 0. The molecule has 0 aliphatic carbocycles. The van der Waals surface area contributed by atoms with Gasteiger partial charge in [-0.05, 0) is 12.1 Å². The second-order valence-electron chi connectivity index (χ2n) is 9.33. The van der Waals surface area contributed by atoms with Crippen molar-refractivity contribution in [3.63, 3.8) is 0 Å². The molecule has 228 valence electrons. The summed E-state index contributed by atoms with van der Waals surface area (Å²) in [6.45, 7) is -2.48. The maximum Gasteiger partial charge on any atom is 0.320 e. The zero-order valence-electron chi connectivity index (χ0n) is 20.1. The van der Waals surface area contributed by atoms with Crippen molar-refractivity contribution in [2.45, 2.75) is 52.1 Å². The number of ketones is 1. The van der Waals surface area contributed by atoms with Crippen molar-refractivity contribution in [3.8, 4) is 11.5 Å². The van der Waals surface area contributed by atoms with E-state index < -0.39 is 92.0 Å². The molecule has 2 atom stereocenters. The lowest BCUT2D eigenvalue weighted by atomic mass is 9.65. The van der Waals surface area contributed by atoms with Gasteiger partial charge in [0.25, 0.3) is 23.1 Å². The smallest absolute Gasteiger partial charge is 0.320 e. The van der Waals surface area contributed by atoms with E-state index in [0.29, 0.717) is 12.1 Å². The van der Waals surface area contributed by atoms with Crippen LogP contribution in [0.3, 0.4) is 0 Å². The van der Waals surface area contributed by atoms with Crippen molar-refractivity contribution in [3.05, 3.63) is 23.3 Å². The molecule has 40 heavy (non-hydrogen) atoms. The first-order chi connectivity index (χ1) is 17.6. The molecular formula is C19H27NO20. The number of carbonyl (C=O) groups is 1. The minimum Gasteiger partial charge on any atom is -0.493 e. The number of aliphatic hydroxyl groups is 17. The fourth-order valence-electron chi connectivity index (χ4n) is 4.80. The number of carbonyl (C=O) groups excluding carboxylic acids is 1. The molecule has 2 aliphatic heterocycles. The Morgan fingerprint density at radius 1 is 0.700 bits per heavy atom. The first-order valence-corrected chi connectivity index (χ1v) is 10.5. The first kappa shape index (κ1) is 32.3. The lowest BCUT2D eigenvalue weighted by Crippen LogP contribution is -2.92. The summed E-state index contributed by atoms with van der Waals surface area (Å²) < 4.78 is 9.85. The normalized spacial score (nSPS) is 28.5. The monoisotopic (exact) mass is 589 g/mol. The molecule has 2 heterocycles. The number of piperidine rings is 1. The number of benzene rings is 1. The van der Waals surface area contributed by atoms with Gasteiger partial charge in [0.05, 0.1) is 14.2 Å². The third-order valence-corrected chi connectivity index (χ3v) is 7.13. The van der Waals surface area contributed by atoms with Gasteiger partial charge in [-0.15, -0.1) is 0 Å². The third-order valence-electron chi connectivity index (χ3n) is 7.13. The van der Waals surface area contributed by atoms with Gasteiger partial charge in [0, 0.05) is 17.7 Å². The standard InChI is InChI=1S/C19H27NO20/c1-39-8-3-6-7(4-9(8)40-2)13(24,25)17(31,32)20-5-11(22,10(21)14(26,27)12(6,20)23)16(29,30)15(28,18(33,34)35)19(36,37)38/h3-4,22-38H,5H2,1-2H3. The molecule has 1 saturated heterocycles. The Balaban J connectivity index is 2.46. The molecule has 21 heteroatoms. The number of fused-ring (bicyclic) bond motifs is 3. The van der Waals surface area contributed by atoms with Crippen LogP contribution in [0.1, 0.15) is 11.1 Å². The second kappa shape index (κ2) is 8.42. The van der Waals surface area contributed by atoms with E-state index >= 15 is 0 Å². The van der Waals surface area contributed by atoms with Crippen molar-refractivity contribution in [1.82, 2.24) is 4.90 Å². The molecule has 21 nitrogen and oxygen atoms in total. The predicted octanol–water partition coefficient (Wildman–Crippen LogP) is -10.4. The maximum absolute atomic E-state index is 13.2. The molecule has 0 saturated carbocycles. The molecule has 0 aromatic heterocycles. The van der Waals surface area contributed by atoms with Crippen LogP contribution in [-0.4, -0.2) is 159 Å². The Labute approximate surface area is 220 Å². The van der Waals surface area contributed by atoms with Gasteiger partial charge in [-0.1, -0.05) is 0 Å². The summed E-state index contributed by atoms with van der Waals surface area (Å²) in [5, 5.41) is 175. The lowest BCUT2D eigenvalue weighted by Gasteiger charge is -2.64. The molecule has 1 aromatic carbocycles. The summed E-state index contributed by atoms with van der Waals surface area (Å²) in [4.78, 5) is 12.4. The number of hydrogen-bond donors (Lipinski definition) is 17. The minimum atomic E-state index is -5.56. The molecule has 0 radical (unpaired) electrons. The van der Waals surface area contributed by atoms with Crippen molar-refractivity contribution in [2.24, 2.45) is 0 Å². The van der Waals surface area contributed by atoms with Gasteiger partial charge in [-0.25, -0.2) is 4.90 Å². The van der Waals surface area contributed by atoms with E-state index in [9.17, 15) is 91.6 Å². The Kier molecular flexibility index (Phi) is 6.79. The van der Waals surface area contributed by atoms with Crippen LogP contribution in [0.15, 0.2) is 12.1 Å². The van der Waals surface area contributed by atoms with Gasteiger partial charge in [0.1, 0.15) is 0 Å². The highest BCUT2D eigenvalue weighted by molar-refractivity contribution is 5.97. The van der Waals surface area contributed by atoms with Crippen LogP contribution in [0.25, 0.3) is 0 Å². The highest BCUT2D eigenvalue weighted by atomic mass is 16.8.